The second-order valence-corrected chi connectivity index (χ2v) is 28.4. The third kappa shape index (κ3) is 14.1. The number of ether oxygens (including phenoxy) is 1. The first kappa shape index (κ1) is 74.5. The number of hydrogen-bond donors (Lipinski definition) is 10. The van der Waals surface area contributed by atoms with Crippen LogP contribution in [0.4, 0.5) is 0 Å². The first-order valence-corrected chi connectivity index (χ1v) is 32.0. The number of rotatable bonds is 26. The molecule has 92 heavy (non-hydrogen) atoms. The molecular weight excluding hydrogens is 1260 g/mol. The zero-order valence-corrected chi connectivity index (χ0v) is 55.9. The van der Waals surface area contributed by atoms with E-state index in [1.807, 2.05) is 87.4 Å². The molecule has 2 saturated heterocycles. The molecule has 0 spiro atoms. The molecule has 1 aromatic heterocycles. The predicted octanol–water partition coefficient (Wildman–Crippen LogP) is 2.35. The maximum atomic E-state index is 14.4. The fourth-order valence-corrected chi connectivity index (χ4v) is 16.6. The number of phosphoric acid groups is 1. The first-order valence-electron chi connectivity index (χ1n) is 30.5. The number of aliphatic imine (C=N–C) groups is 3. The van der Waals surface area contributed by atoms with Crippen LogP contribution in [0.2, 0.25) is 0 Å². The van der Waals surface area contributed by atoms with Gasteiger partial charge in [0.15, 0.2) is 6.23 Å². The number of carbonyl (C=O) groups excluding carboxylic acids is 7. The number of aliphatic hydroxyl groups is 2. The van der Waals surface area contributed by atoms with E-state index in [4.69, 9.17) is 63.2 Å². The number of carbonyl (C=O) groups is 7. The Morgan fingerprint density at radius 1 is 0.815 bits per heavy atom. The molecule has 2 aromatic rings. The smallest absolute Gasteiger partial charge is 0.268 e. The van der Waals surface area contributed by atoms with Gasteiger partial charge in [-0.3, -0.25) is 53.1 Å². The van der Waals surface area contributed by atoms with Crippen molar-refractivity contribution in [1.29, 1.82) is 0 Å². The molecule has 30 heteroatoms. The molecule has 7 amide bonds. The summed E-state index contributed by atoms with van der Waals surface area (Å²) in [6.07, 6.45) is -4.57. The molecule has 28 nitrogen and oxygen atoms in total. The number of benzene rings is 1. The third-order valence-corrected chi connectivity index (χ3v) is 21.7. The molecule has 0 saturated carbocycles. The van der Waals surface area contributed by atoms with Crippen molar-refractivity contribution in [3.63, 3.8) is 0 Å². The van der Waals surface area contributed by atoms with Crippen LogP contribution in [0.15, 0.2) is 67.8 Å². The summed E-state index contributed by atoms with van der Waals surface area (Å²) >= 11 is 0. The van der Waals surface area contributed by atoms with Gasteiger partial charge in [-0.15, -0.1) is 0 Å². The molecule has 8 rings (SSSR count). The van der Waals surface area contributed by atoms with Gasteiger partial charge in [0.05, 0.1) is 41.7 Å². The van der Waals surface area contributed by atoms with Crippen molar-refractivity contribution >= 4 is 77.3 Å². The summed E-state index contributed by atoms with van der Waals surface area (Å²) in [5.74, 6) is -7.24. The Morgan fingerprint density at radius 2 is 1.40 bits per heavy atom. The number of nitrogens with zero attached hydrogens (tertiary/aromatic N) is 5. The molecule has 0 aliphatic carbocycles. The molecule has 4 unspecified atom stereocenters. The predicted molar refractivity (Wildman–Crippen MR) is 333 cm³/mol. The van der Waals surface area contributed by atoms with Crippen LogP contribution in [-0.4, -0.2) is 133 Å². The number of primary amides is 6. The zero-order valence-electron chi connectivity index (χ0n) is 54.0. The molecule has 6 aliphatic heterocycles. The van der Waals surface area contributed by atoms with Crippen molar-refractivity contribution in [3.05, 3.63) is 63.9 Å². The van der Waals surface area contributed by atoms with Crippen LogP contribution in [-0.2, 0) is 68.7 Å². The van der Waals surface area contributed by atoms with Gasteiger partial charge in [0.1, 0.15) is 18.3 Å². The minimum atomic E-state index is -5.32. The molecule has 2 fully saturated rings. The zero-order chi connectivity index (χ0) is 66.7. The van der Waals surface area contributed by atoms with Crippen molar-refractivity contribution in [2.75, 3.05) is 13.2 Å². The maximum absolute atomic E-state index is 14.4. The van der Waals surface area contributed by atoms with E-state index in [1.54, 1.807) is 0 Å². The van der Waals surface area contributed by atoms with Crippen molar-refractivity contribution < 1.29 is 89.3 Å². The van der Waals surface area contributed by atoms with Crippen LogP contribution in [0.25, 0.3) is 11.0 Å². The Labute approximate surface area is 545 Å². The van der Waals surface area contributed by atoms with Crippen LogP contribution in [0.1, 0.15) is 150 Å². The van der Waals surface area contributed by atoms with E-state index in [0.29, 0.717) is 56.4 Å². The third-order valence-electron chi connectivity index (χ3n) is 20.6. The van der Waals surface area contributed by atoms with Gasteiger partial charge < -0.3 is 84.0 Å². The Bertz CT molecular complexity index is 3550. The summed E-state index contributed by atoms with van der Waals surface area (Å²) in [6.45, 7) is 19.1. The van der Waals surface area contributed by atoms with Gasteiger partial charge in [-0.05, 0) is 108 Å². The average Bonchev–Trinajstić information content (AvgIpc) is 1.53. The van der Waals surface area contributed by atoms with E-state index in [-0.39, 0.29) is 99.4 Å². The van der Waals surface area contributed by atoms with Gasteiger partial charge >= 0.3 is 0 Å². The molecule has 6 aliphatic rings. The second-order valence-electron chi connectivity index (χ2n) is 27.1. The number of imidazole rings is 1. The van der Waals surface area contributed by atoms with Gasteiger partial charge in [-0.2, -0.15) is 0 Å². The van der Waals surface area contributed by atoms with E-state index in [0.717, 1.165) is 11.1 Å². The Hall–Kier alpha value is -6.53. The first-order chi connectivity index (χ1) is 41.8. The quantitative estimate of drug-likeness (QED) is 0.0604. The van der Waals surface area contributed by atoms with E-state index < -0.39 is 143 Å². The van der Waals surface area contributed by atoms with Crippen LogP contribution in [0.5, 0.6) is 0 Å². The number of allylic oxidation sites excluding steroid dienone is 6. The van der Waals surface area contributed by atoms with Crippen LogP contribution >= 0.6 is 7.82 Å². The van der Waals surface area contributed by atoms with Crippen molar-refractivity contribution in [3.8, 4) is 0 Å². The Kier molecular flexibility index (Phi) is 22.5. The Morgan fingerprint density at radius 3 is 1.98 bits per heavy atom. The molecule has 7 heterocycles. The summed E-state index contributed by atoms with van der Waals surface area (Å²) in [5.41, 5.74) is 37.2. The number of nitrogens with one attached hydrogen (secondary N) is 2. The topological polar surface area (TPSA) is 493 Å². The number of fused-ring (bicyclic) bond motifs is 7. The van der Waals surface area contributed by atoms with E-state index in [9.17, 15) is 53.2 Å². The number of nitrogens with two attached hydrogens (primary N) is 6. The van der Waals surface area contributed by atoms with E-state index in [1.165, 1.54) is 17.8 Å². The number of aryl methyl sites for hydroxylation is 2. The fourth-order valence-electron chi connectivity index (χ4n) is 15.4. The number of hydrogen-bond acceptors (Lipinski definition) is 20. The number of amides is 7. The fraction of sp³-hybridized carbons (Fsp3) is 0.629. The van der Waals surface area contributed by atoms with Crippen molar-refractivity contribution in [1.82, 2.24) is 20.2 Å². The molecule has 8 bridgehead atoms. The minimum Gasteiger partial charge on any atom is -0.870 e. The van der Waals surface area contributed by atoms with Crippen molar-refractivity contribution in [2.45, 2.75) is 189 Å². The summed E-state index contributed by atoms with van der Waals surface area (Å²) in [6, 6.07) is 2.67. The van der Waals surface area contributed by atoms with Gasteiger partial charge in [-0.25, -0.2) is 4.98 Å². The molecule has 509 valence electrons. The van der Waals surface area contributed by atoms with Gasteiger partial charge in [0.25, 0.3) is 7.82 Å². The van der Waals surface area contributed by atoms with Gasteiger partial charge in [-0.1, -0.05) is 34.6 Å². The summed E-state index contributed by atoms with van der Waals surface area (Å²) in [7, 11) is -5.32. The molecule has 15 atom stereocenters. The Balaban J connectivity index is 0.00000672. The van der Waals surface area contributed by atoms with Crippen LogP contribution < -0.4 is 49.9 Å². The molecule has 1 aromatic carbocycles. The van der Waals surface area contributed by atoms with E-state index in [2.05, 4.69) is 15.6 Å². The molecule has 1 radical (unpaired) electrons. The standard InChI is InChI=1S/C62H90N13O14P.Co.H2O/c1-29-20-39-40(21-30(29)2)75(28-70-39)57-52(84)53(41(27-76)87-57)89-90(85,86)88-31(3)26-69-49(83)18-19-59(8)37(22-46(66)80)56-62(11)61(10,25-48(68)82)36(14-17-45(65)79)51(74-62)33(5)55-60(9,24-47(67)81)34(12-15-43(63)77)38(71-55)23-42-58(6,7)35(13-16-44(64)78)50(72-42)32(4)54(59)73-56;;/h20-21,23,28,31,34-37,41,52-53,56-57,71,76,84H,12-19,22,24-27H2,1-11H3,(H2,63,77)(H2,64,78)(H2,65,79)(H2,66,80)(H2,67,81)(H2,68,82)(H,69,83)(H,85,86);;1H2/p-2/b38-23-,50-32-,55-33-;;/t31?,34?,35-,36-,37+,41-,52-,53-,56?,57+,59-,60+,61+,62+;;/m1../s1. The molecule has 17 N–H and O–H groups in total. The van der Waals surface area contributed by atoms with Gasteiger partial charge in [0.2, 0.25) is 41.4 Å². The van der Waals surface area contributed by atoms with Crippen LogP contribution in [0.3, 0.4) is 0 Å². The normalized spacial score (nSPS) is 33.5. The monoisotopic (exact) mass is 1350 g/mol. The minimum absolute atomic E-state index is 0. The largest absolute Gasteiger partial charge is 0.870 e. The molecular formula is C62H90CoN13O15P-2. The summed E-state index contributed by atoms with van der Waals surface area (Å²) in [5, 5.41) is 28.1. The van der Waals surface area contributed by atoms with E-state index >= 15 is 0 Å². The summed E-state index contributed by atoms with van der Waals surface area (Å²) in [4.78, 5) is 128. The number of phosphoric ester groups is 1. The van der Waals surface area contributed by atoms with Gasteiger partial charge in [0, 0.05) is 148 Å². The SMILES string of the molecule is C/C1=C2N=C(/C=C3\N/C(=C(/C)C4=N[C@@](C)(C5N=C1[C@](C)(CCC(=O)NCC(C)OP(=O)([O-])O[C@H]1[C@@H](O)[C@@H](n6cnc7cc(C)c(C)cc76)O[C@@H]1CO)[C@H]5CC(N)=O)[C@@](C)(CC(N)=O)[C@@H]4CCC(N)=O)[C@@](C)(CC(N)=O)C3CCC(N)=O)C(C)(C)[C@@H]/2CCC(N)=O.[Co].[OH-]. The summed E-state index contributed by atoms with van der Waals surface area (Å²) < 4.78 is 31.9. The number of aliphatic hydroxyl groups excluding tert-OH is 2. The number of aromatic nitrogens is 2. The van der Waals surface area contributed by atoms with Crippen LogP contribution in [0, 0.1) is 59.2 Å². The maximum Gasteiger partial charge on any atom is 0.268 e. The van der Waals surface area contributed by atoms with Crippen molar-refractivity contribution in [2.24, 2.45) is 94.7 Å². The second kappa shape index (κ2) is 27.8. The average molecular weight is 1350 g/mol.